The van der Waals surface area contributed by atoms with Gasteiger partial charge in [-0.15, -0.1) is 0 Å². The monoisotopic (exact) mass is 234 g/mol. The van der Waals surface area contributed by atoms with E-state index in [1.165, 1.54) is 11.1 Å². The molecule has 0 aliphatic heterocycles. The minimum Gasteiger partial charge on any atom is -0.330 e. The van der Waals surface area contributed by atoms with Crippen LogP contribution in [0.25, 0.3) is 0 Å². The summed E-state index contributed by atoms with van der Waals surface area (Å²) < 4.78 is 0. The summed E-state index contributed by atoms with van der Waals surface area (Å²) in [6.45, 7) is 6.29. The molecular weight excluding hydrogens is 208 g/mol. The fourth-order valence-corrected chi connectivity index (χ4v) is 2.27. The van der Waals surface area contributed by atoms with Crippen molar-refractivity contribution in [2.24, 2.45) is 5.73 Å². The van der Waals surface area contributed by atoms with E-state index >= 15 is 0 Å². The summed E-state index contributed by atoms with van der Waals surface area (Å²) in [6, 6.07) is 9.55. The summed E-state index contributed by atoms with van der Waals surface area (Å²) in [5.41, 5.74) is 8.40. The Morgan fingerprint density at radius 3 is 2.29 bits per heavy atom. The molecule has 0 radical (unpaired) electrons. The summed E-state index contributed by atoms with van der Waals surface area (Å²) in [5.74, 6) is 0. The van der Waals surface area contributed by atoms with E-state index in [1.54, 1.807) is 0 Å². The van der Waals surface area contributed by atoms with Crippen LogP contribution >= 0.6 is 0 Å². The minimum absolute atomic E-state index is 0.521. The molecule has 17 heavy (non-hydrogen) atoms. The van der Waals surface area contributed by atoms with Gasteiger partial charge in [-0.3, -0.25) is 4.90 Å². The van der Waals surface area contributed by atoms with Crippen LogP contribution in [-0.4, -0.2) is 25.0 Å². The zero-order valence-corrected chi connectivity index (χ0v) is 11.4. The van der Waals surface area contributed by atoms with Gasteiger partial charge in [0.2, 0.25) is 0 Å². The van der Waals surface area contributed by atoms with Crippen molar-refractivity contribution in [2.45, 2.75) is 39.2 Å². The second-order valence-corrected chi connectivity index (χ2v) is 4.64. The summed E-state index contributed by atoms with van der Waals surface area (Å²) in [6.07, 6.45) is 3.33. The highest BCUT2D eigenvalue weighted by Crippen LogP contribution is 2.23. The van der Waals surface area contributed by atoms with Gasteiger partial charge in [-0.05, 0) is 50.5 Å². The van der Waals surface area contributed by atoms with Crippen LogP contribution in [0.3, 0.4) is 0 Å². The number of hydrogen-bond donors (Lipinski definition) is 1. The lowest BCUT2D eigenvalue weighted by Crippen LogP contribution is -2.26. The Kier molecular flexibility index (Phi) is 6.23. The van der Waals surface area contributed by atoms with Crippen molar-refractivity contribution in [3.8, 4) is 0 Å². The van der Waals surface area contributed by atoms with Crippen LogP contribution in [0, 0.1) is 0 Å². The Morgan fingerprint density at radius 2 is 1.82 bits per heavy atom. The molecule has 1 rings (SSSR count). The molecule has 0 saturated carbocycles. The lowest BCUT2D eigenvalue weighted by atomic mass is 10.0. The van der Waals surface area contributed by atoms with Gasteiger partial charge in [0.05, 0.1) is 0 Å². The maximum Gasteiger partial charge on any atom is 0.0342 e. The molecule has 96 valence electrons. The number of nitrogens with zero attached hydrogens (tertiary/aromatic N) is 1. The molecule has 0 aliphatic rings. The first-order valence-electron chi connectivity index (χ1n) is 6.72. The summed E-state index contributed by atoms with van der Waals surface area (Å²) >= 11 is 0. The SMILES string of the molecule is CCc1ccc(C(CC)N(C)CCCN)cc1. The zero-order chi connectivity index (χ0) is 12.7. The van der Waals surface area contributed by atoms with Crippen LogP contribution < -0.4 is 5.73 Å². The normalized spacial score (nSPS) is 13.0. The number of nitrogens with two attached hydrogens (primary N) is 1. The molecule has 0 aliphatic carbocycles. The standard InChI is InChI=1S/C15H26N2/c1-4-13-7-9-14(10-8-13)15(5-2)17(3)12-6-11-16/h7-10,15H,4-6,11-12,16H2,1-3H3. The first kappa shape index (κ1) is 14.2. The Bertz CT molecular complexity index is 305. The van der Waals surface area contributed by atoms with Crippen LogP contribution in [0.15, 0.2) is 24.3 Å². The number of aryl methyl sites for hydroxylation is 1. The van der Waals surface area contributed by atoms with Crippen molar-refractivity contribution in [3.05, 3.63) is 35.4 Å². The van der Waals surface area contributed by atoms with Crippen molar-refractivity contribution in [1.82, 2.24) is 4.90 Å². The molecule has 0 fully saturated rings. The van der Waals surface area contributed by atoms with Gasteiger partial charge in [0.15, 0.2) is 0 Å². The smallest absolute Gasteiger partial charge is 0.0342 e. The summed E-state index contributed by atoms with van der Waals surface area (Å²) in [4.78, 5) is 2.41. The molecule has 2 nitrogen and oxygen atoms in total. The van der Waals surface area contributed by atoms with Gasteiger partial charge in [-0.25, -0.2) is 0 Å². The van der Waals surface area contributed by atoms with Gasteiger partial charge in [-0.2, -0.15) is 0 Å². The van der Waals surface area contributed by atoms with Gasteiger partial charge in [0.1, 0.15) is 0 Å². The highest BCUT2D eigenvalue weighted by Gasteiger charge is 2.14. The Morgan fingerprint density at radius 1 is 1.18 bits per heavy atom. The van der Waals surface area contributed by atoms with Gasteiger partial charge >= 0.3 is 0 Å². The molecule has 2 N–H and O–H groups in total. The molecule has 0 heterocycles. The Balaban J connectivity index is 2.70. The molecule has 0 spiro atoms. The molecule has 0 bridgehead atoms. The van der Waals surface area contributed by atoms with E-state index in [0.717, 1.165) is 32.4 Å². The summed E-state index contributed by atoms with van der Waals surface area (Å²) in [5, 5.41) is 0. The van der Waals surface area contributed by atoms with E-state index in [0.29, 0.717) is 6.04 Å². The fraction of sp³-hybridized carbons (Fsp3) is 0.600. The average Bonchev–Trinajstić information content (AvgIpc) is 2.38. The lowest BCUT2D eigenvalue weighted by molar-refractivity contribution is 0.237. The lowest BCUT2D eigenvalue weighted by Gasteiger charge is -2.27. The van der Waals surface area contributed by atoms with Gasteiger partial charge in [0.25, 0.3) is 0 Å². The molecule has 1 unspecified atom stereocenters. The van der Waals surface area contributed by atoms with Gasteiger partial charge in [0, 0.05) is 6.04 Å². The maximum absolute atomic E-state index is 5.57. The van der Waals surface area contributed by atoms with E-state index < -0.39 is 0 Å². The first-order valence-corrected chi connectivity index (χ1v) is 6.72. The average molecular weight is 234 g/mol. The highest BCUT2D eigenvalue weighted by molar-refractivity contribution is 5.25. The molecule has 0 amide bonds. The second-order valence-electron chi connectivity index (χ2n) is 4.64. The zero-order valence-electron chi connectivity index (χ0n) is 11.4. The quantitative estimate of drug-likeness (QED) is 0.786. The number of hydrogen-bond acceptors (Lipinski definition) is 2. The van der Waals surface area contributed by atoms with Crippen LogP contribution in [0.2, 0.25) is 0 Å². The first-order chi connectivity index (χ1) is 8.22. The van der Waals surface area contributed by atoms with Crippen LogP contribution in [0.5, 0.6) is 0 Å². The molecular formula is C15H26N2. The minimum atomic E-state index is 0.521. The van der Waals surface area contributed by atoms with E-state index in [9.17, 15) is 0 Å². The van der Waals surface area contributed by atoms with Crippen molar-refractivity contribution in [2.75, 3.05) is 20.1 Å². The predicted molar refractivity (Wildman–Crippen MR) is 75.2 cm³/mol. The van der Waals surface area contributed by atoms with Crippen molar-refractivity contribution in [1.29, 1.82) is 0 Å². The van der Waals surface area contributed by atoms with E-state index in [-0.39, 0.29) is 0 Å². The predicted octanol–water partition coefficient (Wildman–Crippen LogP) is 2.98. The third-order valence-corrected chi connectivity index (χ3v) is 3.41. The van der Waals surface area contributed by atoms with Crippen molar-refractivity contribution in [3.63, 3.8) is 0 Å². The molecule has 0 aromatic heterocycles. The third kappa shape index (κ3) is 4.14. The van der Waals surface area contributed by atoms with Crippen LogP contribution in [0.4, 0.5) is 0 Å². The Hall–Kier alpha value is -0.860. The fourth-order valence-electron chi connectivity index (χ4n) is 2.27. The summed E-state index contributed by atoms with van der Waals surface area (Å²) in [7, 11) is 2.19. The largest absolute Gasteiger partial charge is 0.330 e. The number of rotatable bonds is 7. The second kappa shape index (κ2) is 7.46. The highest BCUT2D eigenvalue weighted by atomic mass is 15.1. The van der Waals surface area contributed by atoms with E-state index in [2.05, 4.69) is 50.1 Å². The Labute approximate surface area is 106 Å². The van der Waals surface area contributed by atoms with Gasteiger partial charge in [-0.1, -0.05) is 38.1 Å². The molecule has 1 aromatic rings. The van der Waals surface area contributed by atoms with Crippen LogP contribution in [0.1, 0.15) is 43.9 Å². The molecule has 1 atom stereocenters. The molecule has 1 aromatic carbocycles. The van der Waals surface area contributed by atoms with Crippen molar-refractivity contribution < 1.29 is 0 Å². The van der Waals surface area contributed by atoms with Gasteiger partial charge < -0.3 is 5.73 Å². The topological polar surface area (TPSA) is 29.3 Å². The molecule has 0 saturated heterocycles. The van der Waals surface area contributed by atoms with E-state index in [1.807, 2.05) is 0 Å². The number of benzene rings is 1. The maximum atomic E-state index is 5.57. The third-order valence-electron chi connectivity index (χ3n) is 3.41. The molecule has 2 heteroatoms. The van der Waals surface area contributed by atoms with Crippen LogP contribution in [-0.2, 0) is 6.42 Å². The van der Waals surface area contributed by atoms with E-state index in [4.69, 9.17) is 5.73 Å². The van der Waals surface area contributed by atoms with Crippen molar-refractivity contribution >= 4 is 0 Å².